The van der Waals surface area contributed by atoms with Crippen LogP contribution in [0.3, 0.4) is 0 Å². The van der Waals surface area contributed by atoms with Gasteiger partial charge in [0.05, 0.1) is 0 Å². The summed E-state index contributed by atoms with van der Waals surface area (Å²) in [6.45, 7) is 8.50. The van der Waals surface area contributed by atoms with Gasteiger partial charge in [-0.2, -0.15) is 0 Å². The quantitative estimate of drug-likeness (QED) is 0.750. The Bertz CT molecular complexity index is 258. The summed E-state index contributed by atoms with van der Waals surface area (Å²) in [5, 5.41) is 3.82. The van der Waals surface area contributed by atoms with E-state index in [1.165, 1.54) is 25.8 Å². The Kier molecular flexibility index (Phi) is 2.18. The topological polar surface area (TPSA) is 12.0 Å². The minimum Gasteiger partial charge on any atom is -0.313 e. The average Bonchev–Trinajstić information content (AvgIpc) is 2.75. The molecule has 1 N–H and O–H groups in total. The molecule has 2 bridgehead atoms. The fraction of sp³-hybridized carbons (Fsp3) is 1.00. The van der Waals surface area contributed by atoms with E-state index in [1.807, 2.05) is 0 Å². The van der Waals surface area contributed by atoms with Crippen LogP contribution >= 0.6 is 0 Å². The van der Waals surface area contributed by atoms with Crippen LogP contribution in [0.1, 0.15) is 46.5 Å². The van der Waals surface area contributed by atoms with Crippen LogP contribution in [0.4, 0.5) is 0 Å². The van der Waals surface area contributed by atoms with E-state index in [0.29, 0.717) is 5.41 Å². The van der Waals surface area contributed by atoms with Crippen molar-refractivity contribution in [3.63, 3.8) is 0 Å². The second-order valence-electron chi connectivity index (χ2n) is 6.69. The lowest BCUT2D eigenvalue weighted by Crippen LogP contribution is -2.65. The van der Waals surface area contributed by atoms with Crippen molar-refractivity contribution in [1.82, 2.24) is 5.32 Å². The van der Waals surface area contributed by atoms with Gasteiger partial charge in [0.15, 0.2) is 0 Å². The smallest absolute Gasteiger partial charge is 0.0155 e. The summed E-state index contributed by atoms with van der Waals surface area (Å²) in [7, 11) is 0. The Hall–Kier alpha value is -0.0400. The predicted octanol–water partition coefficient (Wildman–Crippen LogP) is 3.06. The molecule has 0 aliphatic heterocycles. The third-order valence-corrected chi connectivity index (χ3v) is 5.64. The van der Waals surface area contributed by atoms with E-state index >= 15 is 0 Å². The summed E-state index contributed by atoms with van der Waals surface area (Å²) < 4.78 is 0. The van der Waals surface area contributed by atoms with Crippen molar-refractivity contribution in [2.75, 3.05) is 6.54 Å². The normalized spacial score (nSPS) is 50.2. The standard InChI is InChI=1S/C14H25N/c1-4-7-15-13-11-9-5-6-10(8-9)12(11)14(13,2)3/h9-13,15H,4-8H2,1-3H3. The van der Waals surface area contributed by atoms with E-state index in [1.54, 1.807) is 6.42 Å². The van der Waals surface area contributed by atoms with Crippen molar-refractivity contribution in [1.29, 1.82) is 0 Å². The van der Waals surface area contributed by atoms with Crippen LogP contribution in [0.2, 0.25) is 0 Å². The van der Waals surface area contributed by atoms with Crippen LogP contribution < -0.4 is 5.32 Å². The first-order valence-corrected chi connectivity index (χ1v) is 6.89. The van der Waals surface area contributed by atoms with Gasteiger partial charge in [-0.05, 0) is 61.3 Å². The molecule has 0 aromatic rings. The molecule has 3 aliphatic rings. The van der Waals surface area contributed by atoms with Gasteiger partial charge in [0, 0.05) is 6.04 Å². The van der Waals surface area contributed by atoms with Crippen LogP contribution in [0, 0.1) is 29.1 Å². The fourth-order valence-corrected chi connectivity index (χ4v) is 5.20. The van der Waals surface area contributed by atoms with Crippen LogP contribution in [-0.2, 0) is 0 Å². The monoisotopic (exact) mass is 207 g/mol. The number of nitrogens with one attached hydrogen (secondary N) is 1. The molecule has 3 fully saturated rings. The van der Waals surface area contributed by atoms with Gasteiger partial charge in [0.2, 0.25) is 0 Å². The zero-order chi connectivity index (χ0) is 10.6. The SMILES string of the molecule is CCCNC1C2C3CCC(C3)C2C1(C)C. The number of rotatable bonds is 3. The van der Waals surface area contributed by atoms with Crippen molar-refractivity contribution in [3.8, 4) is 0 Å². The molecule has 15 heavy (non-hydrogen) atoms. The molecule has 3 aliphatic carbocycles. The number of hydrogen-bond donors (Lipinski definition) is 1. The maximum atomic E-state index is 3.82. The minimum atomic E-state index is 0.583. The van der Waals surface area contributed by atoms with Gasteiger partial charge in [0.1, 0.15) is 0 Å². The molecular weight excluding hydrogens is 182 g/mol. The molecule has 0 saturated heterocycles. The van der Waals surface area contributed by atoms with Crippen LogP contribution in [0.15, 0.2) is 0 Å². The fourth-order valence-electron chi connectivity index (χ4n) is 5.20. The first-order chi connectivity index (χ1) is 7.16. The summed E-state index contributed by atoms with van der Waals surface area (Å²) in [6.07, 6.45) is 5.91. The Morgan fingerprint density at radius 3 is 2.67 bits per heavy atom. The molecule has 5 unspecified atom stereocenters. The van der Waals surface area contributed by atoms with Crippen molar-refractivity contribution in [3.05, 3.63) is 0 Å². The molecule has 0 aromatic carbocycles. The molecule has 1 heteroatoms. The lowest BCUT2D eigenvalue weighted by atomic mass is 9.48. The Balaban J connectivity index is 1.75. The molecule has 0 heterocycles. The van der Waals surface area contributed by atoms with Gasteiger partial charge in [-0.15, -0.1) is 0 Å². The molecule has 3 rings (SSSR count). The van der Waals surface area contributed by atoms with E-state index in [9.17, 15) is 0 Å². The Labute approximate surface area is 94.0 Å². The van der Waals surface area contributed by atoms with Gasteiger partial charge in [0.25, 0.3) is 0 Å². The lowest BCUT2D eigenvalue weighted by molar-refractivity contribution is -0.0941. The second kappa shape index (κ2) is 3.23. The Morgan fingerprint density at radius 1 is 1.20 bits per heavy atom. The van der Waals surface area contributed by atoms with Gasteiger partial charge in [-0.1, -0.05) is 20.8 Å². The maximum absolute atomic E-state index is 3.82. The van der Waals surface area contributed by atoms with E-state index < -0.39 is 0 Å². The molecule has 0 spiro atoms. The van der Waals surface area contributed by atoms with Crippen molar-refractivity contribution >= 4 is 0 Å². The summed E-state index contributed by atoms with van der Waals surface area (Å²) >= 11 is 0. The number of hydrogen-bond acceptors (Lipinski definition) is 1. The third-order valence-electron chi connectivity index (χ3n) is 5.64. The molecule has 1 nitrogen and oxygen atoms in total. The van der Waals surface area contributed by atoms with Crippen LogP contribution in [0.5, 0.6) is 0 Å². The van der Waals surface area contributed by atoms with Crippen LogP contribution in [-0.4, -0.2) is 12.6 Å². The van der Waals surface area contributed by atoms with Gasteiger partial charge in [-0.25, -0.2) is 0 Å². The molecule has 0 radical (unpaired) electrons. The zero-order valence-electron chi connectivity index (χ0n) is 10.4. The summed E-state index contributed by atoms with van der Waals surface area (Å²) in [4.78, 5) is 0. The molecule has 86 valence electrons. The highest BCUT2D eigenvalue weighted by atomic mass is 15.0. The molecule has 0 aromatic heterocycles. The predicted molar refractivity (Wildman–Crippen MR) is 63.7 cm³/mol. The van der Waals surface area contributed by atoms with Crippen LogP contribution in [0.25, 0.3) is 0 Å². The molecule has 0 amide bonds. The van der Waals surface area contributed by atoms with Crippen molar-refractivity contribution in [2.45, 2.75) is 52.5 Å². The zero-order valence-corrected chi connectivity index (χ0v) is 10.4. The van der Waals surface area contributed by atoms with Gasteiger partial charge < -0.3 is 5.32 Å². The first-order valence-electron chi connectivity index (χ1n) is 6.89. The third kappa shape index (κ3) is 1.19. The molecule has 3 saturated carbocycles. The molecular formula is C14H25N. The average molecular weight is 207 g/mol. The van der Waals surface area contributed by atoms with Crippen molar-refractivity contribution < 1.29 is 0 Å². The Morgan fingerprint density at radius 2 is 1.93 bits per heavy atom. The summed E-state index contributed by atoms with van der Waals surface area (Å²) in [5.74, 6) is 4.29. The van der Waals surface area contributed by atoms with Gasteiger partial charge in [-0.3, -0.25) is 0 Å². The summed E-state index contributed by atoms with van der Waals surface area (Å²) in [5.41, 5.74) is 0.583. The van der Waals surface area contributed by atoms with E-state index in [4.69, 9.17) is 0 Å². The van der Waals surface area contributed by atoms with E-state index in [2.05, 4.69) is 26.1 Å². The summed E-state index contributed by atoms with van der Waals surface area (Å²) in [6, 6.07) is 0.831. The highest BCUT2D eigenvalue weighted by molar-refractivity contribution is 5.17. The number of fused-ring (bicyclic) bond motifs is 5. The molecule has 5 atom stereocenters. The second-order valence-corrected chi connectivity index (χ2v) is 6.69. The van der Waals surface area contributed by atoms with Gasteiger partial charge >= 0.3 is 0 Å². The van der Waals surface area contributed by atoms with Crippen molar-refractivity contribution in [2.24, 2.45) is 29.1 Å². The van der Waals surface area contributed by atoms with E-state index in [-0.39, 0.29) is 0 Å². The lowest BCUT2D eigenvalue weighted by Gasteiger charge is -2.61. The first kappa shape index (κ1) is 10.1. The maximum Gasteiger partial charge on any atom is 0.0155 e. The highest BCUT2D eigenvalue weighted by Gasteiger charge is 2.66. The highest BCUT2D eigenvalue weighted by Crippen LogP contribution is 2.68. The largest absolute Gasteiger partial charge is 0.313 e. The minimum absolute atomic E-state index is 0.583. The van der Waals surface area contributed by atoms with E-state index in [0.717, 1.165) is 29.7 Å².